The first-order valence-electron chi connectivity index (χ1n) is 9.15. The van der Waals surface area contributed by atoms with Crippen LogP contribution in [0.2, 0.25) is 0 Å². The average Bonchev–Trinajstić information content (AvgIpc) is 3.31. The smallest absolute Gasteiger partial charge is 0.287 e. The van der Waals surface area contributed by atoms with Crippen LogP contribution >= 0.6 is 0 Å². The number of benzene rings is 1. The van der Waals surface area contributed by atoms with Crippen LogP contribution < -0.4 is 10.1 Å². The number of aromatic nitrogens is 2. The van der Waals surface area contributed by atoms with Gasteiger partial charge in [0.1, 0.15) is 18.1 Å². The summed E-state index contributed by atoms with van der Waals surface area (Å²) in [6.07, 6.45) is 1.74. The summed E-state index contributed by atoms with van der Waals surface area (Å²) in [5.41, 5.74) is 2.51. The zero-order valence-electron chi connectivity index (χ0n) is 16.5. The van der Waals surface area contributed by atoms with Gasteiger partial charge in [0.2, 0.25) is 0 Å². The van der Waals surface area contributed by atoms with Gasteiger partial charge < -0.3 is 14.5 Å². The number of hydrogen-bond acceptors (Lipinski definition) is 6. The van der Waals surface area contributed by atoms with E-state index < -0.39 is 4.92 Å². The van der Waals surface area contributed by atoms with E-state index in [0.29, 0.717) is 23.6 Å². The summed E-state index contributed by atoms with van der Waals surface area (Å²) < 4.78 is 13.0. The molecule has 2 heterocycles. The van der Waals surface area contributed by atoms with E-state index in [0.717, 1.165) is 17.8 Å². The first kappa shape index (κ1) is 20.1. The topological polar surface area (TPSA) is 112 Å². The third-order valence-corrected chi connectivity index (χ3v) is 4.58. The monoisotopic (exact) mass is 398 g/mol. The molecule has 1 aromatic carbocycles. The number of carbonyl (C=O) groups is 1. The summed E-state index contributed by atoms with van der Waals surface area (Å²) in [7, 11) is 0. The number of carbonyl (C=O) groups excluding carboxylic acids is 1. The maximum atomic E-state index is 12.3. The molecule has 0 unspecified atom stereocenters. The Kier molecular flexibility index (Phi) is 5.96. The van der Waals surface area contributed by atoms with Gasteiger partial charge in [0.25, 0.3) is 11.6 Å². The fraction of sp³-hybridized carbons (Fsp3) is 0.300. The van der Waals surface area contributed by atoms with Crippen LogP contribution in [-0.2, 0) is 19.7 Å². The number of nitro groups is 1. The Bertz CT molecular complexity index is 1040. The lowest BCUT2D eigenvalue weighted by atomic mass is 10.2. The van der Waals surface area contributed by atoms with Crippen molar-refractivity contribution in [1.29, 1.82) is 0 Å². The van der Waals surface area contributed by atoms with Crippen LogP contribution in [0.3, 0.4) is 0 Å². The van der Waals surface area contributed by atoms with E-state index in [1.54, 1.807) is 31.3 Å². The molecule has 0 bridgehead atoms. The highest BCUT2D eigenvalue weighted by atomic mass is 16.6. The van der Waals surface area contributed by atoms with E-state index in [9.17, 15) is 14.9 Å². The normalized spacial score (nSPS) is 10.7. The predicted molar refractivity (Wildman–Crippen MR) is 105 cm³/mol. The minimum Gasteiger partial charge on any atom is -0.486 e. The molecule has 0 spiro atoms. The summed E-state index contributed by atoms with van der Waals surface area (Å²) in [6, 6.07) is 7.76. The van der Waals surface area contributed by atoms with Crippen molar-refractivity contribution in [3.63, 3.8) is 0 Å². The van der Waals surface area contributed by atoms with Gasteiger partial charge in [-0.05, 0) is 45.0 Å². The second kappa shape index (κ2) is 8.59. The van der Waals surface area contributed by atoms with Crippen molar-refractivity contribution in [3.8, 4) is 5.75 Å². The van der Waals surface area contributed by atoms with Crippen molar-refractivity contribution in [1.82, 2.24) is 15.1 Å². The highest BCUT2D eigenvalue weighted by Crippen LogP contribution is 2.24. The Morgan fingerprint density at radius 3 is 2.76 bits per heavy atom. The molecule has 0 aliphatic heterocycles. The average molecular weight is 398 g/mol. The first-order valence-corrected chi connectivity index (χ1v) is 9.15. The summed E-state index contributed by atoms with van der Waals surface area (Å²) in [5, 5.41) is 17.9. The maximum absolute atomic E-state index is 12.3. The molecule has 0 radical (unpaired) electrons. The molecule has 3 aromatic rings. The molecule has 0 fully saturated rings. The molecule has 0 aliphatic rings. The fourth-order valence-corrected chi connectivity index (χ4v) is 2.89. The molecular weight excluding hydrogens is 376 g/mol. The van der Waals surface area contributed by atoms with Gasteiger partial charge >= 0.3 is 0 Å². The van der Waals surface area contributed by atoms with Gasteiger partial charge in [-0.3, -0.25) is 19.6 Å². The Morgan fingerprint density at radius 2 is 2.10 bits per heavy atom. The second-order valence-electron chi connectivity index (χ2n) is 6.51. The van der Waals surface area contributed by atoms with Crippen LogP contribution in [-0.4, -0.2) is 20.6 Å². The zero-order chi connectivity index (χ0) is 21.0. The molecule has 9 heteroatoms. The second-order valence-corrected chi connectivity index (χ2v) is 6.51. The lowest BCUT2D eigenvalue weighted by molar-refractivity contribution is -0.385. The standard InChI is InChI=1S/C20H22N4O5/c1-4-23-14(3)15(11-22-23)10-21-20(25)19-8-6-17(29-19)12-28-16-5-7-18(24(26)27)13(2)9-16/h5-9,11H,4,10,12H2,1-3H3,(H,21,25). The third-order valence-electron chi connectivity index (χ3n) is 4.58. The van der Waals surface area contributed by atoms with Crippen LogP contribution in [0, 0.1) is 24.0 Å². The molecule has 1 N–H and O–H groups in total. The molecule has 152 valence electrons. The van der Waals surface area contributed by atoms with E-state index in [1.807, 2.05) is 18.5 Å². The van der Waals surface area contributed by atoms with Gasteiger partial charge in [0, 0.05) is 36.0 Å². The van der Waals surface area contributed by atoms with Crippen molar-refractivity contribution in [3.05, 3.63) is 75.0 Å². The largest absolute Gasteiger partial charge is 0.486 e. The number of hydrogen-bond donors (Lipinski definition) is 1. The molecule has 0 atom stereocenters. The van der Waals surface area contributed by atoms with Gasteiger partial charge in [-0.1, -0.05) is 0 Å². The molecule has 2 aromatic heterocycles. The van der Waals surface area contributed by atoms with E-state index in [-0.39, 0.29) is 24.0 Å². The van der Waals surface area contributed by atoms with Crippen LogP contribution in [0.4, 0.5) is 5.69 Å². The number of nitro benzene ring substituents is 1. The van der Waals surface area contributed by atoms with Crippen LogP contribution in [0.1, 0.15) is 40.1 Å². The Morgan fingerprint density at radius 1 is 1.31 bits per heavy atom. The Hall–Kier alpha value is -3.62. The molecule has 0 saturated heterocycles. The molecule has 1 amide bonds. The minimum atomic E-state index is -0.439. The van der Waals surface area contributed by atoms with Gasteiger partial charge in [0.15, 0.2) is 5.76 Å². The zero-order valence-corrected chi connectivity index (χ0v) is 16.5. The van der Waals surface area contributed by atoms with Crippen molar-refractivity contribution < 1.29 is 18.9 Å². The number of ether oxygens (including phenoxy) is 1. The van der Waals surface area contributed by atoms with Crippen molar-refractivity contribution in [2.45, 2.75) is 40.5 Å². The summed E-state index contributed by atoms with van der Waals surface area (Å²) >= 11 is 0. The Labute approximate surface area is 167 Å². The Balaban J connectivity index is 1.56. The number of nitrogens with one attached hydrogen (secondary N) is 1. The first-order chi connectivity index (χ1) is 13.9. The van der Waals surface area contributed by atoms with Gasteiger partial charge in [-0.2, -0.15) is 5.10 Å². The lowest BCUT2D eigenvalue weighted by Crippen LogP contribution is -2.22. The van der Waals surface area contributed by atoms with Crippen LogP contribution in [0.5, 0.6) is 5.75 Å². The molecule has 0 saturated carbocycles. The highest BCUT2D eigenvalue weighted by Gasteiger charge is 2.14. The minimum absolute atomic E-state index is 0.0361. The molecular formula is C20H22N4O5. The number of nitrogens with zero attached hydrogens (tertiary/aromatic N) is 3. The fourth-order valence-electron chi connectivity index (χ4n) is 2.89. The van der Waals surface area contributed by atoms with E-state index in [1.165, 1.54) is 12.1 Å². The maximum Gasteiger partial charge on any atom is 0.287 e. The molecule has 29 heavy (non-hydrogen) atoms. The number of aryl methyl sites for hydroxylation is 2. The van der Waals surface area contributed by atoms with Gasteiger partial charge in [0.05, 0.1) is 11.1 Å². The summed E-state index contributed by atoms with van der Waals surface area (Å²) in [6.45, 7) is 6.85. The lowest BCUT2D eigenvalue weighted by Gasteiger charge is -2.06. The van der Waals surface area contributed by atoms with Crippen molar-refractivity contribution in [2.24, 2.45) is 0 Å². The number of amides is 1. The summed E-state index contributed by atoms with van der Waals surface area (Å²) in [5.74, 6) is 0.815. The SMILES string of the molecule is CCn1ncc(CNC(=O)c2ccc(COc3ccc([N+](=O)[O-])c(C)c3)o2)c1C. The van der Waals surface area contributed by atoms with Gasteiger partial charge in [-0.15, -0.1) is 0 Å². The molecule has 0 aliphatic carbocycles. The number of rotatable bonds is 8. The van der Waals surface area contributed by atoms with E-state index in [4.69, 9.17) is 9.15 Å². The highest BCUT2D eigenvalue weighted by molar-refractivity contribution is 5.91. The van der Waals surface area contributed by atoms with E-state index in [2.05, 4.69) is 10.4 Å². The van der Waals surface area contributed by atoms with Crippen molar-refractivity contribution in [2.75, 3.05) is 0 Å². The molecule has 3 rings (SSSR count). The van der Waals surface area contributed by atoms with Crippen LogP contribution in [0.15, 0.2) is 40.9 Å². The quantitative estimate of drug-likeness (QED) is 0.459. The third kappa shape index (κ3) is 4.63. The predicted octanol–water partition coefficient (Wildman–Crippen LogP) is 3.53. The van der Waals surface area contributed by atoms with E-state index >= 15 is 0 Å². The summed E-state index contributed by atoms with van der Waals surface area (Å²) in [4.78, 5) is 22.7. The van der Waals surface area contributed by atoms with Crippen LogP contribution in [0.25, 0.3) is 0 Å². The number of furan rings is 1. The van der Waals surface area contributed by atoms with Crippen molar-refractivity contribution >= 4 is 11.6 Å². The van der Waals surface area contributed by atoms with Gasteiger partial charge in [-0.25, -0.2) is 0 Å². The molecule has 9 nitrogen and oxygen atoms in total.